The number of rotatable bonds is 6. The fourth-order valence-corrected chi connectivity index (χ4v) is 1.32. The van der Waals surface area contributed by atoms with E-state index in [9.17, 15) is 4.79 Å². The number of benzene rings is 1. The molecule has 0 aliphatic rings. The molecule has 1 aromatic carbocycles. The zero-order chi connectivity index (χ0) is 14.1. The molecule has 0 spiro atoms. The van der Waals surface area contributed by atoms with Crippen LogP contribution in [0.25, 0.3) is 0 Å². The van der Waals surface area contributed by atoms with Crippen molar-refractivity contribution in [2.45, 2.75) is 6.92 Å². The van der Waals surface area contributed by atoms with E-state index in [4.69, 9.17) is 10.00 Å². The van der Waals surface area contributed by atoms with Crippen molar-refractivity contribution in [1.82, 2.24) is 5.32 Å². The summed E-state index contributed by atoms with van der Waals surface area (Å²) in [7, 11) is 1.55. The average molecular weight is 259 g/mol. The van der Waals surface area contributed by atoms with E-state index in [0.29, 0.717) is 13.2 Å². The molecule has 0 aliphatic heterocycles. The molecule has 2 N–H and O–H groups in total. The number of nitrogens with zero attached hydrogens (tertiary/aromatic N) is 1. The van der Waals surface area contributed by atoms with Gasteiger partial charge in [0.05, 0.1) is 6.61 Å². The number of aryl methyl sites for hydroxylation is 1. The molecular weight excluding hydrogens is 242 g/mol. The summed E-state index contributed by atoms with van der Waals surface area (Å²) >= 11 is 0. The number of ether oxygens (including phenoxy) is 1. The first-order valence-corrected chi connectivity index (χ1v) is 5.88. The first-order valence-electron chi connectivity index (χ1n) is 5.88. The highest BCUT2D eigenvalue weighted by atomic mass is 16.5. The van der Waals surface area contributed by atoms with Gasteiger partial charge in [0.1, 0.15) is 11.6 Å². The van der Waals surface area contributed by atoms with Crippen molar-refractivity contribution in [3.05, 3.63) is 41.6 Å². The van der Waals surface area contributed by atoms with Crippen LogP contribution in [0.5, 0.6) is 0 Å². The van der Waals surface area contributed by atoms with Crippen LogP contribution < -0.4 is 10.6 Å². The predicted octanol–water partition coefficient (Wildman–Crippen LogP) is 1.58. The molecule has 5 heteroatoms. The van der Waals surface area contributed by atoms with E-state index in [-0.39, 0.29) is 5.57 Å². The van der Waals surface area contributed by atoms with Crippen molar-refractivity contribution in [2.75, 3.05) is 25.6 Å². The molecule has 0 aromatic heterocycles. The van der Waals surface area contributed by atoms with Gasteiger partial charge < -0.3 is 15.4 Å². The Balaban J connectivity index is 2.59. The standard InChI is InChI=1S/C14H17N3O2/c1-11-3-5-13(6-4-11)17-10-12(9-15)14(18)16-7-8-19-2/h3-6,10,17H,7-8H2,1-2H3,(H,16,18)/b12-10-. The lowest BCUT2D eigenvalue weighted by atomic mass is 10.2. The van der Waals surface area contributed by atoms with Crippen LogP contribution >= 0.6 is 0 Å². The SMILES string of the molecule is COCCNC(=O)/C(C#N)=C\Nc1ccc(C)cc1. The number of methoxy groups -OCH3 is 1. The summed E-state index contributed by atoms with van der Waals surface area (Å²) in [5.41, 5.74) is 1.99. The molecule has 0 atom stereocenters. The highest BCUT2D eigenvalue weighted by Gasteiger charge is 2.07. The predicted molar refractivity (Wildman–Crippen MR) is 73.4 cm³/mol. The minimum Gasteiger partial charge on any atom is -0.383 e. The van der Waals surface area contributed by atoms with Crippen molar-refractivity contribution < 1.29 is 9.53 Å². The van der Waals surface area contributed by atoms with Gasteiger partial charge in [0, 0.05) is 25.5 Å². The van der Waals surface area contributed by atoms with E-state index in [1.807, 2.05) is 37.3 Å². The van der Waals surface area contributed by atoms with E-state index in [0.717, 1.165) is 11.3 Å². The molecule has 5 nitrogen and oxygen atoms in total. The highest BCUT2D eigenvalue weighted by molar-refractivity contribution is 5.97. The highest BCUT2D eigenvalue weighted by Crippen LogP contribution is 2.09. The van der Waals surface area contributed by atoms with Crippen molar-refractivity contribution in [2.24, 2.45) is 0 Å². The number of hydrogen-bond acceptors (Lipinski definition) is 4. The molecule has 100 valence electrons. The van der Waals surface area contributed by atoms with Crippen LogP contribution in [0.2, 0.25) is 0 Å². The summed E-state index contributed by atoms with van der Waals surface area (Å²) in [6.45, 7) is 2.78. The first-order chi connectivity index (χ1) is 9.17. The van der Waals surface area contributed by atoms with Crippen molar-refractivity contribution in [1.29, 1.82) is 5.26 Å². The zero-order valence-electron chi connectivity index (χ0n) is 11.1. The molecule has 0 fully saturated rings. The van der Waals surface area contributed by atoms with Gasteiger partial charge >= 0.3 is 0 Å². The number of anilines is 1. The lowest BCUT2D eigenvalue weighted by molar-refractivity contribution is -0.117. The van der Waals surface area contributed by atoms with Crippen LogP contribution in [0.15, 0.2) is 36.0 Å². The van der Waals surface area contributed by atoms with Crippen LogP contribution in [0, 0.1) is 18.3 Å². The van der Waals surface area contributed by atoms with Gasteiger partial charge in [-0.2, -0.15) is 5.26 Å². The van der Waals surface area contributed by atoms with Gasteiger partial charge in [-0.15, -0.1) is 0 Å². The number of hydrogen-bond donors (Lipinski definition) is 2. The second-order valence-electron chi connectivity index (χ2n) is 3.93. The van der Waals surface area contributed by atoms with Crippen LogP contribution in [-0.4, -0.2) is 26.2 Å². The molecule has 0 unspecified atom stereocenters. The van der Waals surface area contributed by atoms with E-state index < -0.39 is 5.91 Å². The number of amides is 1. The number of nitrogens with one attached hydrogen (secondary N) is 2. The summed E-state index contributed by atoms with van der Waals surface area (Å²) < 4.78 is 4.81. The first kappa shape index (κ1) is 14.7. The quantitative estimate of drug-likeness (QED) is 0.462. The maximum absolute atomic E-state index is 11.6. The van der Waals surface area contributed by atoms with E-state index in [1.54, 1.807) is 7.11 Å². The fourth-order valence-electron chi connectivity index (χ4n) is 1.32. The Bertz CT molecular complexity index is 486. The molecule has 0 heterocycles. The van der Waals surface area contributed by atoms with Gasteiger partial charge in [0.2, 0.25) is 0 Å². The smallest absolute Gasteiger partial charge is 0.263 e. The van der Waals surface area contributed by atoms with Crippen molar-refractivity contribution in [3.8, 4) is 6.07 Å². The summed E-state index contributed by atoms with van der Waals surface area (Å²) in [6, 6.07) is 9.50. The maximum atomic E-state index is 11.6. The Labute approximate surface area is 112 Å². The zero-order valence-corrected chi connectivity index (χ0v) is 11.1. The normalized spacial score (nSPS) is 10.7. The summed E-state index contributed by atoms with van der Waals surface area (Å²) in [5.74, 6) is -0.417. The number of nitriles is 1. The second-order valence-corrected chi connectivity index (χ2v) is 3.93. The summed E-state index contributed by atoms with van der Waals surface area (Å²) in [6.07, 6.45) is 1.40. The molecule has 0 bridgehead atoms. The molecule has 19 heavy (non-hydrogen) atoms. The lowest BCUT2D eigenvalue weighted by Crippen LogP contribution is -2.28. The third kappa shape index (κ3) is 5.23. The van der Waals surface area contributed by atoms with Crippen LogP contribution in [0.4, 0.5) is 5.69 Å². The van der Waals surface area contributed by atoms with Gasteiger partial charge in [-0.25, -0.2) is 0 Å². The topological polar surface area (TPSA) is 74.1 Å². The summed E-state index contributed by atoms with van der Waals surface area (Å²) in [4.78, 5) is 11.6. The molecule has 1 amide bonds. The van der Waals surface area contributed by atoms with Gasteiger partial charge in [0.15, 0.2) is 0 Å². The van der Waals surface area contributed by atoms with Crippen molar-refractivity contribution in [3.63, 3.8) is 0 Å². The third-order valence-corrected chi connectivity index (χ3v) is 2.39. The molecule has 1 rings (SSSR count). The average Bonchev–Trinajstić information content (AvgIpc) is 2.42. The number of carbonyl (C=O) groups excluding carboxylic acids is 1. The monoisotopic (exact) mass is 259 g/mol. The Kier molecular flexibility index (Phi) is 6.13. The Morgan fingerprint density at radius 3 is 2.68 bits per heavy atom. The minimum absolute atomic E-state index is 0.0247. The minimum atomic E-state index is -0.417. The molecular formula is C14H17N3O2. The fraction of sp³-hybridized carbons (Fsp3) is 0.286. The van der Waals surface area contributed by atoms with Gasteiger partial charge in [-0.1, -0.05) is 17.7 Å². The van der Waals surface area contributed by atoms with E-state index in [2.05, 4.69) is 10.6 Å². The van der Waals surface area contributed by atoms with Crippen LogP contribution in [0.1, 0.15) is 5.56 Å². The maximum Gasteiger partial charge on any atom is 0.263 e. The van der Waals surface area contributed by atoms with Gasteiger partial charge in [0.25, 0.3) is 5.91 Å². The molecule has 0 saturated carbocycles. The van der Waals surface area contributed by atoms with E-state index in [1.165, 1.54) is 6.20 Å². The Morgan fingerprint density at radius 2 is 2.11 bits per heavy atom. The second kappa shape index (κ2) is 7.90. The molecule has 0 saturated heterocycles. The van der Waals surface area contributed by atoms with Crippen LogP contribution in [-0.2, 0) is 9.53 Å². The van der Waals surface area contributed by atoms with E-state index >= 15 is 0 Å². The molecule has 0 aliphatic carbocycles. The van der Waals surface area contributed by atoms with Gasteiger partial charge in [-0.05, 0) is 19.1 Å². The van der Waals surface area contributed by atoms with Crippen molar-refractivity contribution >= 4 is 11.6 Å². The lowest BCUT2D eigenvalue weighted by Gasteiger charge is -2.04. The Morgan fingerprint density at radius 1 is 1.42 bits per heavy atom. The molecule has 1 aromatic rings. The molecule has 0 radical (unpaired) electrons. The third-order valence-electron chi connectivity index (χ3n) is 2.39. The summed E-state index contributed by atoms with van der Waals surface area (Å²) in [5, 5.41) is 14.4. The number of carbonyl (C=O) groups is 1. The Hall–Kier alpha value is -2.32. The van der Waals surface area contributed by atoms with Gasteiger partial charge in [-0.3, -0.25) is 4.79 Å². The van der Waals surface area contributed by atoms with Crippen LogP contribution in [0.3, 0.4) is 0 Å². The largest absolute Gasteiger partial charge is 0.383 e.